The highest BCUT2D eigenvalue weighted by atomic mass is 16.3. The molecule has 3 aromatic rings. The molecule has 2 aromatic carbocycles. The molecule has 0 bridgehead atoms. The van der Waals surface area contributed by atoms with E-state index < -0.39 is 0 Å². The second-order valence-corrected chi connectivity index (χ2v) is 4.35. The highest BCUT2D eigenvalue weighted by Crippen LogP contribution is 2.35. The summed E-state index contributed by atoms with van der Waals surface area (Å²) in [5.74, 6) is 0. The van der Waals surface area contributed by atoms with Gasteiger partial charge in [-0.05, 0) is 18.2 Å². The van der Waals surface area contributed by atoms with Crippen LogP contribution >= 0.6 is 0 Å². The summed E-state index contributed by atoms with van der Waals surface area (Å²) < 4.78 is 2.07. The molecular weight excluding hydrogens is 226 g/mol. The van der Waals surface area contributed by atoms with E-state index in [2.05, 4.69) is 4.57 Å². The first-order chi connectivity index (χ1) is 8.74. The monoisotopic (exact) mass is 241 g/mol. The molecular formula is C14H15N3O. The SMILES string of the molecule is Nc1ccc2c(c1N)c1ccccc1n2CCO. The summed E-state index contributed by atoms with van der Waals surface area (Å²) in [5.41, 5.74) is 15.3. The molecule has 3 rings (SSSR count). The van der Waals surface area contributed by atoms with Crippen molar-refractivity contribution in [2.75, 3.05) is 18.1 Å². The van der Waals surface area contributed by atoms with Gasteiger partial charge in [-0.2, -0.15) is 0 Å². The lowest BCUT2D eigenvalue weighted by Crippen LogP contribution is -2.02. The van der Waals surface area contributed by atoms with Crippen LogP contribution < -0.4 is 11.5 Å². The van der Waals surface area contributed by atoms with Gasteiger partial charge in [0, 0.05) is 22.8 Å². The minimum atomic E-state index is 0.0953. The molecule has 4 heteroatoms. The van der Waals surface area contributed by atoms with E-state index in [-0.39, 0.29) is 6.61 Å². The number of nitrogens with two attached hydrogens (primary N) is 2. The topological polar surface area (TPSA) is 77.2 Å². The Morgan fingerprint density at radius 1 is 1.00 bits per heavy atom. The fourth-order valence-corrected chi connectivity index (χ4v) is 2.52. The molecule has 0 atom stereocenters. The Kier molecular flexibility index (Phi) is 2.38. The molecule has 0 aliphatic rings. The maximum atomic E-state index is 9.20. The summed E-state index contributed by atoms with van der Waals surface area (Å²) in [6.45, 7) is 0.644. The van der Waals surface area contributed by atoms with E-state index in [9.17, 15) is 5.11 Å². The number of aliphatic hydroxyl groups is 1. The number of hydrogen-bond acceptors (Lipinski definition) is 3. The summed E-state index contributed by atoms with van der Waals surface area (Å²) in [7, 11) is 0. The zero-order chi connectivity index (χ0) is 12.7. The molecule has 92 valence electrons. The van der Waals surface area contributed by atoms with Crippen molar-refractivity contribution in [3.8, 4) is 0 Å². The number of nitrogens with zero attached hydrogens (tertiary/aromatic N) is 1. The first-order valence-corrected chi connectivity index (χ1v) is 5.90. The molecule has 0 unspecified atom stereocenters. The van der Waals surface area contributed by atoms with E-state index in [4.69, 9.17) is 11.5 Å². The summed E-state index contributed by atoms with van der Waals surface area (Å²) >= 11 is 0. The maximum absolute atomic E-state index is 9.20. The lowest BCUT2D eigenvalue weighted by molar-refractivity contribution is 0.280. The molecule has 0 amide bonds. The van der Waals surface area contributed by atoms with Gasteiger partial charge in [0.05, 0.1) is 23.5 Å². The number of anilines is 2. The number of hydrogen-bond donors (Lipinski definition) is 3. The quantitative estimate of drug-likeness (QED) is 0.600. The number of nitrogen functional groups attached to an aromatic ring is 2. The van der Waals surface area contributed by atoms with Gasteiger partial charge in [0.2, 0.25) is 0 Å². The molecule has 4 nitrogen and oxygen atoms in total. The minimum absolute atomic E-state index is 0.0953. The average molecular weight is 241 g/mol. The van der Waals surface area contributed by atoms with Crippen LogP contribution in [-0.2, 0) is 6.54 Å². The fourth-order valence-electron chi connectivity index (χ4n) is 2.52. The first kappa shape index (κ1) is 10.9. The van der Waals surface area contributed by atoms with Crippen LogP contribution in [0.2, 0.25) is 0 Å². The Balaban J connectivity index is 2.54. The normalized spacial score (nSPS) is 11.4. The number of para-hydroxylation sites is 1. The van der Waals surface area contributed by atoms with Crippen LogP contribution in [0.25, 0.3) is 21.8 Å². The summed E-state index contributed by atoms with van der Waals surface area (Å²) in [4.78, 5) is 0. The van der Waals surface area contributed by atoms with Gasteiger partial charge in [-0.3, -0.25) is 0 Å². The number of aliphatic hydroxyl groups excluding tert-OH is 1. The molecule has 5 N–H and O–H groups in total. The second kappa shape index (κ2) is 3.92. The smallest absolute Gasteiger partial charge is 0.0649 e. The van der Waals surface area contributed by atoms with Gasteiger partial charge >= 0.3 is 0 Å². The van der Waals surface area contributed by atoms with Gasteiger partial charge in [-0.25, -0.2) is 0 Å². The van der Waals surface area contributed by atoms with Crippen molar-refractivity contribution in [2.24, 2.45) is 0 Å². The van der Waals surface area contributed by atoms with Crippen LogP contribution in [0.5, 0.6) is 0 Å². The van der Waals surface area contributed by atoms with E-state index in [0.29, 0.717) is 17.9 Å². The van der Waals surface area contributed by atoms with Crippen LogP contribution in [0.15, 0.2) is 36.4 Å². The second-order valence-electron chi connectivity index (χ2n) is 4.35. The Labute approximate surface area is 104 Å². The van der Waals surface area contributed by atoms with E-state index in [0.717, 1.165) is 21.8 Å². The van der Waals surface area contributed by atoms with E-state index >= 15 is 0 Å². The van der Waals surface area contributed by atoms with Crippen molar-refractivity contribution in [3.63, 3.8) is 0 Å². The number of aromatic nitrogens is 1. The predicted octanol–water partition coefficient (Wildman–Crippen LogP) is 1.95. The number of rotatable bonds is 2. The van der Waals surface area contributed by atoms with Crippen molar-refractivity contribution < 1.29 is 5.11 Å². The zero-order valence-electron chi connectivity index (χ0n) is 9.93. The van der Waals surface area contributed by atoms with Crippen LogP contribution in [0, 0.1) is 0 Å². The van der Waals surface area contributed by atoms with Crippen molar-refractivity contribution >= 4 is 33.2 Å². The third kappa shape index (κ3) is 1.36. The van der Waals surface area contributed by atoms with Crippen molar-refractivity contribution in [1.82, 2.24) is 4.57 Å². The first-order valence-electron chi connectivity index (χ1n) is 5.90. The molecule has 0 radical (unpaired) electrons. The average Bonchev–Trinajstić information content (AvgIpc) is 2.70. The van der Waals surface area contributed by atoms with E-state index in [1.165, 1.54) is 0 Å². The highest BCUT2D eigenvalue weighted by Gasteiger charge is 2.13. The largest absolute Gasteiger partial charge is 0.397 e. The summed E-state index contributed by atoms with van der Waals surface area (Å²) in [5, 5.41) is 11.3. The van der Waals surface area contributed by atoms with Gasteiger partial charge < -0.3 is 21.1 Å². The van der Waals surface area contributed by atoms with Gasteiger partial charge in [-0.15, -0.1) is 0 Å². The standard InChI is InChI=1S/C14H15N3O/c15-10-5-6-12-13(14(10)16)9-3-1-2-4-11(9)17(12)7-8-18/h1-6,18H,7-8,15-16H2. The zero-order valence-corrected chi connectivity index (χ0v) is 9.93. The van der Waals surface area contributed by atoms with Gasteiger partial charge in [-0.1, -0.05) is 18.2 Å². The van der Waals surface area contributed by atoms with E-state index in [1.807, 2.05) is 36.4 Å². The van der Waals surface area contributed by atoms with Gasteiger partial charge in [0.25, 0.3) is 0 Å². The number of fused-ring (bicyclic) bond motifs is 3. The Bertz CT molecular complexity index is 731. The molecule has 0 aliphatic heterocycles. The van der Waals surface area contributed by atoms with Gasteiger partial charge in [0.1, 0.15) is 0 Å². The van der Waals surface area contributed by atoms with E-state index in [1.54, 1.807) is 0 Å². The molecule has 0 aliphatic carbocycles. The fraction of sp³-hybridized carbons (Fsp3) is 0.143. The van der Waals surface area contributed by atoms with Crippen LogP contribution in [0.3, 0.4) is 0 Å². The molecule has 1 aromatic heterocycles. The molecule has 1 heterocycles. The lowest BCUT2D eigenvalue weighted by atomic mass is 10.1. The number of benzene rings is 2. The molecule has 0 spiro atoms. The maximum Gasteiger partial charge on any atom is 0.0649 e. The molecule has 18 heavy (non-hydrogen) atoms. The van der Waals surface area contributed by atoms with Crippen LogP contribution in [0.1, 0.15) is 0 Å². The van der Waals surface area contributed by atoms with Crippen LogP contribution in [-0.4, -0.2) is 16.3 Å². The van der Waals surface area contributed by atoms with Crippen molar-refractivity contribution in [1.29, 1.82) is 0 Å². The molecule has 0 saturated heterocycles. The summed E-state index contributed by atoms with van der Waals surface area (Å²) in [6.07, 6.45) is 0. The third-order valence-corrected chi connectivity index (χ3v) is 3.34. The van der Waals surface area contributed by atoms with Gasteiger partial charge in [0.15, 0.2) is 0 Å². The van der Waals surface area contributed by atoms with Crippen molar-refractivity contribution in [2.45, 2.75) is 6.54 Å². The minimum Gasteiger partial charge on any atom is -0.397 e. The summed E-state index contributed by atoms with van der Waals surface area (Å²) in [6, 6.07) is 11.8. The Morgan fingerprint density at radius 2 is 1.78 bits per heavy atom. The Morgan fingerprint density at radius 3 is 2.56 bits per heavy atom. The van der Waals surface area contributed by atoms with Crippen molar-refractivity contribution in [3.05, 3.63) is 36.4 Å². The third-order valence-electron chi connectivity index (χ3n) is 3.34. The predicted molar refractivity (Wildman–Crippen MR) is 75.4 cm³/mol. The Hall–Kier alpha value is -2.20. The molecule has 0 fully saturated rings. The molecule has 0 saturated carbocycles. The lowest BCUT2D eigenvalue weighted by Gasteiger charge is -2.06. The highest BCUT2D eigenvalue weighted by molar-refractivity contribution is 6.15. The van der Waals surface area contributed by atoms with Crippen LogP contribution in [0.4, 0.5) is 11.4 Å².